The largest absolute Gasteiger partial charge is 0.494 e. The van der Waals surface area contributed by atoms with Gasteiger partial charge in [-0.25, -0.2) is 4.98 Å². The minimum atomic E-state index is -0.486. The number of benzene rings is 1. The van der Waals surface area contributed by atoms with Crippen LogP contribution < -0.4 is 15.5 Å². The number of nitrogens with zero attached hydrogens (tertiary/aromatic N) is 1. The molecule has 3 rings (SSSR count). The second-order valence-corrected chi connectivity index (χ2v) is 9.07. The fourth-order valence-electron chi connectivity index (χ4n) is 3.01. The quantitative estimate of drug-likeness (QED) is 0.571. The Morgan fingerprint density at radius 3 is 2.30 bits per heavy atom. The van der Waals surface area contributed by atoms with Gasteiger partial charge in [0.05, 0.1) is 16.2 Å². The summed E-state index contributed by atoms with van der Waals surface area (Å²) >= 11 is 6.45. The summed E-state index contributed by atoms with van der Waals surface area (Å²) in [4.78, 5) is 15.4. The molecule has 178 valence electrons. The van der Waals surface area contributed by atoms with Crippen LogP contribution in [0.15, 0.2) is 42.6 Å². The number of carbonyl (C=O) groups is 1. The molecule has 0 bridgehead atoms. The average molecular weight is 473 g/mol. The number of halogens is 1. The summed E-state index contributed by atoms with van der Waals surface area (Å²) < 4.78 is 18.0. The van der Waals surface area contributed by atoms with Crippen molar-refractivity contribution in [1.82, 2.24) is 10.3 Å². The lowest BCUT2D eigenvalue weighted by atomic mass is 9.79. The SMILES string of the molecule is CC.CC(=O)N[C@@H](C)/C=C/c1ccc(Oc2ccc(B3OC(C)(C)C(C)(C)O3)cc2Cl)nc1. The van der Waals surface area contributed by atoms with Gasteiger partial charge in [-0.3, -0.25) is 4.79 Å². The maximum atomic E-state index is 11.1. The summed E-state index contributed by atoms with van der Waals surface area (Å²) in [5.41, 5.74) is 0.892. The molecular formula is C25H34BClN2O4. The van der Waals surface area contributed by atoms with E-state index in [4.69, 9.17) is 25.6 Å². The number of aromatic nitrogens is 1. The van der Waals surface area contributed by atoms with Crippen LogP contribution in [0, 0.1) is 0 Å². The van der Waals surface area contributed by atoms with Crippen LogP contribution in [0.4, 0.5) is 0 Å². The van der Waals surface area contributed by atoms with E-state index in [9.17, 15) is 4.79 Å². The topological polar surface area (TPSA) is 69.7 Å². The van der Waals surface area contributed by atoms with Gasteiger partial charge in [0.2, 0.25) is 11.8 Å². The Kier molecular flexibility index (Phi) is 9.12. The molecule has 0 unspecified atom stereocenters. The molecule has 6 nitrogen and oxygen atoms in total. The highest BCUT2D eigenvalue weighted by molar-refractivity contribution is 6.62. The molecule has 1 aromatic carbocycles. The second kappa shape index (κ2) is 11.2. The molecule has 2 aromatic rings. The number of nitrogens with one attached hydrogen (secondary N) is 1. The highest BCUT2D eigenvalue weighted by Gasteiger charge is 2.51. The molecule has 0 spiro atoms. The number of hydrogen-bond donors (Lipinski definition) is 1. The van der Waals surface area contributed by atoms with E-state index in [1.54, 1.807) is 24.4 Å². The van der Waals surface area contributed by atoms with Crippen LogP contribution in [-0.4, -0.2) is 35.3 Å². The summed E-state index contributed by atoms with van der Waals surface area (Å²) in [6, 6.07) is 9.04. The average Bonchev–Trinajstić information content (AvgIpc) is 2.97. The molecule has 1 fully saturated rings. The molecule has 8 heteroatoms. The van der Waals surface area contributed by atoms with Crippen LogP contribution in [0.25, 0.3) is 6.08 Å². The number of rotatable bonds is 6. The zero-order valence-electron chi connectivity index (χ0n) is 20.7. The summed E-state index contributed by atoms with van der Waals surface area (Å²) in [7, 11) is -0.486. The van der Waals surface area contributed by atoms with E-state index in [2.05, 4.69) is 10.3 Å². The van der Waals surface area contributed by atoms with Crippen molar-refractivity contribution in [3.63, 3.8) is 0 Å². The van der Waals surface area contributed by atoms with E-state index in [1.807, 2.05) is 72.8 Å². The van der Waals surface area contributed by atoms with Gasteiger partial charge in [-0.2, -0.15) is 0 Å². The third-order valence-corrected chi connectivity index (χ3v) is 5.76. The normalized spacial score (nSPS) is 17.3. The lowest BCUT2D eigenvalue weighted by Gasteiger charge is -2.32. The van der Waals surface area contributed by atoms with Gasteiger partial charge in [0.1, 0.15) is 5.75 Å². The Bertz CT molecular complexity index is 961. The monoisotopic (exact) mass is 472 g/mol. The Morgan fingerprint density at radius 2 is 1.79 bits per heavy atom. The highest BCUT2D eigenvalue weighted by Crippen LogP contribution is 2.37. The number of amides is 1. The molecule has 2 heterocycles. The van der Waals surface area contributed by atoms with Crippen molar-refractivity contribution in [2.45, 2.75) is 72.6 Å². The lowest BCUT2D eigenvalue weighted by Crippen LogP contribution is -2.41. The fraction of sp³-hybridized carbons (Fsp3) is 0.440. The van der Waals surface area contributed by atoms with Crippen LogP contribution in [0.5, 0.6) is 11.6 Å². The Labute approximate surface area is 202 Å². The van der Waals surface area contributed by atoms with Gasteiger partial charge in [0, 0.05) is 25.2 Å². The van der Waals surface area contributed by atoms with Crippen molar-refractivity contribution in [3.05, 3.63) is 53.2 Å². The van der Waals surface area contributed by atoms with Gasteiger partial charge < -0.3 is 19.4 Å². The van der Waals surface area contributed by atoms with Crippen LogP contribution >= 0.6 is 11.6 Å². The highest BCUT2D eigenvalue weighted by atomic mass is 35.5. The second-order valence-electron chi connectivity index (χ2n) is 8.66. The molecule has 0 aliphatic carbocycles. The van der Waals surface area contributed by atoms with Crippen LogP contribution in [0.2, 0.25) is 5.02 Å². The van der Waals surface area contributed by atoms with E-state index in [0.717, 1.165) is 11.0 Å². The molecule has 1 N–H and O–H groups in total. The van der Waals surface area contributed by atoms with E-state index in [0.29, 0.717) is 16.7 Å². The van der Waals surface area contributed by atoms with Gasteiger partial charge in [0.15, 0.2) is 0 Å². The van der Waals surface area contributed by atoms with Gasteiger partial charge >= 0.3 is 7.12 Å². The number of ether oxygens (including phenoxy) is 1. The molecular weight excluding hydrogens is 439 g/mol. The zero-order valence-corrected chi connectivity index (χ0v) is 21.5. The predicted molar refractivity (Wildman–Crippen MR) is 135 cm³/mol. The summed E-state index contributed by atoms with van der Waals surface area (Å²) in [5.74, 6) is 0.856. The maximum absolute atomic E-state index is 11.1. The Hall–Kier alpha value is -2.35. The van der Waals surface area contributed by atoms with Gasteiger partial charge in [-0.15, -0.1) is 0 Å². The van der Waals surface area contributed by atoms with Gasteiger partial charge in [-0.05, 0) is 63.8 Å². The third kappa shape index (κ3) is 7.07. The lowest BCUT2D eigenvalue weighted by molar-refractivity contribution is -0.119. The zero-order chi connectivity index (χ0) is 24.8. The van der Waals surface area contributed by atoms with Crippen molar-refractivity contribution in [2.75, 3.05) is 0 Å². The van der Waals surface area contributed by atoms with Crippen molar-refractivity contribution in [2.24, 2.45) is 0 Å². The summed E-state index contributed by atoms with van der Waals surface area (Å²) in [6.07, 6.45) is 5.48. The first kappa shape index (κ1) is 26.9. The predicted octanol–water partition coefficient (Wildman–Crippen LogP) is 5.39. The van der Waals surface area contributed by atoms with E-state index in [1.165, 1.54) is 6.92 Å². The molecule has 33 heavy (non-hydrogen) atoms. The van der Waals surface area contributed by atoms with Crippen LogP contribution in [0.3, 0.4) is 0 Å². The molecule has 1 atom stereocenters. The molecule has 1 aliphatic heterocycles. The first-order valence-electron chi connectivity index (χ1n) is 11.2. The maximum Gasteiger partial charge on any atom is 0.494 e. The third-order valence-electron chi connectivity index (χ3n) is 5.46. The van der Waals surface area contributed by atoms with E-state index in [-0.39, 0.29) is 11.9 Å². The molecule has 1 amide bonds. The Morgan fingerprint density at radius 1 is 1.15 bits per heavy atom. The van der Waals surface area contributed by atoms with E-state index < -0.39 is 18.3 Å². The van der Waals surface area contributed by atoms with Crippen molar-refractivity contribution >= 4 is 36.2 Å². The first-order chi connectivity index (χ1) is 15.5. The summed E-state index contributed by atoms with van der Waals surface area (Å²) in [5, 5.41) is 3.24. The van der Waals surface area contributed by atoms with Crippen molar-refractivity contribution < 1.29 is 18.8 Å². The molecule has 1 aromatic heterocycles. The van der Waals surface area contributed by atoms with Crippen molar-refractivity contribution in [1.29, 1.82) is 0 Å². The van der Waals surface area contributed by atoms with Gasteiger partial charge in [-0.1, -0.05) is 43.7 Å². The standard InChI is InChI=1S/C23H28BClN2O4.C2H6/c1-15(27-16(2)28)7-8-17-9-12-21(26-14-17)29-20-11-10-18(13-19(20)25)24-30-22(3,4)23(5,6)31-24;1-2/h7-15H,1-6H3,(H,27,28);1-2H3/b8-7+;/t15-;/m0./s1. The van der Waals surface area contributed by atoms with Crippen molar-refractivity contribution in [3.8, 4) is 11.6 Å². The van der Waals surface area contributed by atoms with Crippen LogP contribution in [-0.2, 0) is 14.1 Å². The number of carbonyl (C=O) groups excluding carboxylic acids is 1. The van der Waals surface area contributed by atoms with E-state index >= 15 is 0 Å². The minimum Gasteiger partial charge on any atom is -0.437 e. The minimum absolute atomic E-state index is 0.0604. The molecule has 1 aliphatic rings. The number of hydrogen-bond acceptors (Lipinski definition) is 5. The molecule has 0 saturated carbocycles. The molecule has 0 radical (unpaired) electrons. The number of pyridine rings is 1. The van der Waals surface area contributed by atoms with Gasteiger partial charge in [0.25, 0.3) is 0 Å². The fourth-order valence-corrected chi connectivity index (χ4v) is 3.24. The summed E-state index contributed by atoms with van der Waals surface area (Å²) in [6.45, 7) is 15.4. The smallest absolute Gasteiger partial charge is 0.437 e. The Balaban J connectivity index is 0.00000187. The first-order valence-corrected chi connectivity index (χ1v) is 11.6. The van der Waals surface area contributed by atoms with Crippen LogP contribution in [0.1, 0.15) is 61.0 Å². The molecule has 1 saturated heterocycles.